The lowest BCUT2D eigenvalue weighted by atomic mass is 9.86. The molecule has 0 amide bonds. The van der Waals surface area contributed by atoms with Gasteiger partial charge in [0, 0.05) is 5.56 Å². The maximum Gasteiger partial charge on any atom is 0.150 e. The molecule has 0 saturated heterocycles. The Bertz CT molecular complexity index is 597. The van der Waals surface area contributed by atoms with Crippen molar-refractivity contribution >= 4 is 6.29 Å². The van der Waals surface area contributed by atoms with E-state index in [1.165, 1.54) is 16.7 Å². The number of carbonyl (C=O) groups excluding carboxylic acids is 1. The molecule has 0 unspecified atom stereocenters. The normalized spacial score (nSPS) is 10.6. The number of aldehydes is 1. The number of benzene rings is 2. The molecule has 0 heterocycles. The minimum atomic E-state index is 0.868. The van der Waals surface area contributed by atoms with Crippen LogP contribution in [0.15, 0.2) is 36.4 Å². The molecule has 0 atom stereocenters. The second-order valence-electron chi connectivity index (χ2n) is 5.00. The highest BCUT2D eigenvalue weighted by molar-refractivity contribution is 5.90. The Kier molecular flexibility index (Phi) is 4.73. The fraction of sp³-hybridized carbons (Fsp3) is 0.316. The smallest absolute Gasteiger partial charge is 0.150 e. The van der Waals surface area contributed by atoms with E-state index < -0.39 is 0 Å². The fourth-order valence-electron chi connectivity index (χ4n) is 3.01. The quantitative estimate of drug-likeness (QED) is 0.707. The molecule has 0 aromatic heterocycles. The number of aryl methyl sites for hydroxylation is 1. The van der Waals surface area contributed by atoms with Crippen molar-refractivity contribution < 1.29 is 4.79 Å². The van der Waals surface area contributed by atoms with Crippen LogP contribution in [0.3, 0.4) is 0 Å². The summed E-state index contributed by atoms with van der Waals surface area (Å²) in [6.45, 7) is 6.49. The van der Waals surface area contributed by atoms with E-state index in [0.29, 0.717) is 0 Å². The van der Waals surface area contributed by atoms with Gasteiger partial charge in [-0.15, -0.1) is 0 Å². The molecule has 0 spiro atoms. The van der Waals surface area contributed by atoms with Crippen molar-refractivity contribution in [2.24, 2.45) is 0 Å². The average molecular weight is 266 g/mol. The zero-order valence-electron chi connectivity index (χ0n) is 12.6. The van der Waals surface area contributed by atoms with Crippen molar-refractivity contribution in [2.75, 3.05) is 0 Å². The van der Waals surface area contributed by atoms with E-state index >= 15 is 0 Å². The Morgan fingerprint density at radius 2 is 1.55 bits per heavy atom. The van der Waals surface area contributed by atoms with Gasteiger partial charge < -0.3 is 0 Å². The molecule has 104 valence electrons. The van der Waals surface area contributed by atoms with Gasteiger partial charge in [-0.3, -0.25) is 4.79 Å². The van der Waals surface area contributed by atoms with E-state index in [1.807, 2.05) is 18.2 Å². The summed E-state index contributed by atoms with van der Waals surface area (Å²) < 4.78 is 0. The van der Waals surface area contributed by atoms with Crippen LogP contribution in [0.2, 0.25) is 0 Å². The van der Waals surface area contributed by atoms with Crippen LogP contribution in [-0.4, -0.2) is 6.29 Å². The van der Waals surface area contributed by atoms with Crippen molar-refractivity contribution in [1.29, 1.82) is 0 Å². The third kappa shape index (κ3) is 2.53. The summed E-state index contributed by atoms with van der Waals surface area (Å²) in [5.41, 5.74) is 7.02. The van der Waals surface area contributed by atoms with Crippen LogP contribution in [-0.2, 0) is 19.3 Å². The van der Waals surface area contributed by atoms with E-state index in [9.17, 15) is 4.79 Å². The molecule has 0 fully saturated rings. The van der Waals surface area contributed by atoms with Gasteiger partial charge in [0.25, 0.3) is 0 Å². The lowest BCUT2D eigenvalue weighted by Gasteiger charge is -2.18. The second kappa shape index (κ2) is 6.51. The van der Waals surface area contributed by atoms with E-state index in [4.69, 9.17) is 0 Å². The van der Waals surface area contributed by atoms with Gasteiger partial charge in [-0.1, -0.05) is 57.2 Å². The summed E-state index contributed by atoms with van der Waals surface area (Å²) in [5.74, 6) is 0. The van der Waals surface area contributed by atoms with Crippen LogP contribution in [0, 0.1) is 0 Å². The molecule has 1 nitrogen and oxygen atoms in total. The topological polar surface area (TPSA) is 17.1 Å². The predicted octanol–water partition coefficient (Wildman–Crippen LogP) is 4.85. The van der Waals surface area contributed by atoms with Gasteiger partial charge >= 0.3 is 0 Å². The minimum absolute atomic E-state index is 0.868. The highest BCUT2D eigenvalue weighted by Gasteiger charge is 2.15. The van der Waals surface area contributed by atoms with E-state index in [2.05, 4.69) is 39.0 Å². The largest absolute Gasteiger partial charge is 0.298 e. The maximum absolute atomic E-state index is 11.6. The summed E-state index contributed by atoms with van der Waals surface area (Å²) in [4.78, 5) is 11.6. The van der Waals surface area contributed by atoms with Crippen LogP contribution < -0.4 is 0 Å². The SMILES string of the molecule is CCc1cc(-c2ccccc2)c(C=O)c(CC)c1CC. The molecule has 0 bridgehead atoms. The van der Waals surface area contributed by atoms with E-state index in [-0.39, 0.29) is 0 Å². The molecule has 0 aliphatic carbocycles. The van der Waals surface area contributed by atoms with Crippen LogP contribution in [0.4, 0.5) is 0 Å². The van der Waals surface area contributed by atoms with Crippen LogP contribution >= 0.6 is 0 Å². The molecular weight excluding hydrogens is 244 g/mol. The first kappa shape index (κ1) is 14.5. The van der Waals surface area contributed by atoms with Crippen LogP contribution in [0.25, 0.3) is 11.1 Å². The molecule has 2 aromatic rings. The van der Waals surface area contributed by atoms with Crippen molar-refractivity contribution in [3.63, 3.8) is 0 Å². The van der Waals surface area contributed by atoms with Gasteiger partial charge in [0.2, 0.25) is 0 Å². The molecule has 0 radical (unpaired) electrons. The lowest BCUT2D eigenvalue weighted by Crippen LogP contribution is -2.05. The Labute approximate surface area is 121 Å². The zero-order chi connectivity index (χ0) is 14.5. The monoisotopic (exact) mass is 266 g/mol. The fourth-order valence-corrected chi connectivity index (χ4v) is 3.01. The van der Waals surface area contributed by atoms with Gasteiger partial charge in [-0.05, 0) is 47.1 Å². The Balaban J connectivity index is 2.77. The van der Waals surface area contributed by atoms with Gasteiger partial charge in [0.1, 0.15) is 0 Å². The first-order chi connectivity index (χ1) is 9.76. The van der Waals surface area contributed by atoms with Crippen molar-refractivity contribution in [3.05, 3.63) is 58.7 Å². The first-order valence-corrected chi connectivity index (χ1v) is 7.44. The Hall–Kier alpha value is -1.89. The standard InChI is InChI=1S/C19H22O/c1-4-14-12-18(15-10-8-7-9-11-15)19(13-20)17(6-3)16(14)5-2/h7-13H,4-6H2,1-3H3. The van der Waals surface area contributed by atoms with E-state index in [0.717, 1.165) is 42.2 Å². The molecule has 2 aromatic carbocycles. The molecule has 2 rings (SSSR count). The van der Waals surface area contributed by atoms with E-state index in [1.54, 1.807) is 0 Å². The summed E-state index contributed by atoms with van der Waals surface area (Å²) in [6, 6.07) is 12.4. The number of carbonyl (C=O) groups is 1. The Morgan fingerprint density at radius 3 is 2.05 bits per heavy atom. The zero-order valence-corrected chi connectivity index (χ0v) is 12.6. The third-order valence-electron chi connectivity index (χ3n) is 3.98. The predicted molar refractivity (Wildman–Crippen MR) is 85.4 cm³/mol. The highest BCUT2D eigenvalue weighted by atomic mass is 16.1. The molecule has 1 heteroatoms. The van der Waals surface area contributed by atoms with Gasteiger partial charge in [0.05, 0.1) is 0 Å². The molecule has 0 aliphatic rings. The first-order valence-electron chi connectivity index (χ1n) is 7.44. The molecular formula is C19H22O. The number of hydrogen-bond acceptors (Lipinski definition) is 1. The number of hydrogen-bond donors (Lipinski definition) is 0. The van der Waals surface area contributed by atoms with Gasteiger partial charge in [0.15, 0.2) is 6.29 Å². The summed E-state index contributed by atoms with van der Waals surface area (Å²) in [7, 11) is 0. The molecule has 0 aliphatic heterocycles. The van der Waals surface area contributed by atoms with Crippen LogP contribution in [0.5, 0.6) is 0 Å². The summed E-state index contributed by atoms with van der Waals surface area (Å²) in [5, 5.41) is 0. The third-order valence-corrected chi connectivity index (χ3v) is 3.98. The molecule has 20 heavy (non-hydrogen) atoms. The average Bonchev–Trinajstić information content (AvgIpc) is 2.53. The Morgan fingerprint density at radius 1 is 0.900 bits per heavy atom. The summed E-state index contributed by atoms with van der Waals surface area (Å²) in [6.07, 6.45) is 3.93. The maximum atomic E-state index is 11.6. The van der Waals surface area contributed by atoms with Crippen LogP contribution in [0.1, 0.15) is 47.8 Å². The lowest BCUT2D eigenvalue weighted by molar-refractivity contribution is 0.112. The second-order valence-corrected chi connectivity index (χ2v) is 5.00. The number of rotatable bonds is 5. The van der Waals surface area contributed by atoms with Crippen molar-refractivity contribution in [2.45, 2.75) is 40.0 Å². The summed E-state index contributed by atoms with van der Waals surface area (Å²) >= 11 is 0. The van der Waals surface area contributed by atoms with Crippen molar-refractivity contribution in [1.82, 2.24) is 0 Å². The van der Waals surface area contributed by atoms with Gasteiger partial charge in [-0.2, -0.15) is 0 Å². The minimum Gasteiger partial charge on any atom is -0.298 e. The van der Waals surface area contributed by atoms with Gasteiger partial charge in [-0.25, -0.2) is 0 Å². The molecule has 0 saturated carbocycles. The molecule has 0 N–H and O–H groups in total. The highest BCUT2D eigenvalue weighted by Crippen LogP contribution is 2.31. The van der Waals surface area contributed by atoms with Crippen molar-refractivity contribution in [3.8, 4) is 11.1 Å².